The summed E-state index contributed by atoms with van der Waals surface area (Å²) in [5, 5.41) is 7.75. The minimum absolute atomic E-state index is 0.0154. The Hall–Kier alpha value is -1.52. The number of nitrogens with zero attached hydrogens (tertiary/aromatic N) is 3. The minimum Gasteiger partial charge on any atom is -0.324 e. The summed E-state index contributed by atoms with van der Waals surface area (Å²) in [6.45, 7) is 14.4. The molecule has 2 heterocycles. The summed E-state index contributed by atoms with van der Waals surface area (Å²) >= 11 is 0. The van der Waals surface area contributed by atoms with Gasteiger partial charge in [-0.3, -0.25) is 5.32 Å². The second kappa shape index (κ2) is 5.35. The highest BCUT2D eigenvalue weighted by molar-refractivity contribution is 5.88. The number of anilines is 1. The Kier molecular flexibility index (Phi) is 4.04. The van der Waals surface area contributed by atoms with Gasteiger partial charge in [-0.25, -0.2) is 9.48 Å². The maximum atomic E-state index is 12.3. The molecule has 1 aromatic heterocycles. The highest BCUT2D eigenvalue weighted by atomic mass is 16.2. The Balaban J connectivity index is 2.28. The van der Waals surface area contributed by atoms with Crippen molar-refractivity contribution in [3.8, 4) is 0 Å². The highest BCUT2D eigenvalue weighted by Gasteiger charge is 2.27. The van der Waals surface area contributed by atoms with Gasteiger partial charge in [0.25, 0.3) is 0 Å². The fraction of sp³-hybridized carbons (Fsp3) is 0.750. The van der Waals surface area contributed by atoms with Crippen molar-refractivity contribution in [2.75, 3.05) is 18.4 Å². The molecule has 1 aliphatic heterocycles. The summed E-state index contributed by atoms with van der Waals surface area (Å²) < 4.78 is 1.92. The molecule has 0 radical (unpaired) electrons. The number of urea groups is 1. The van der Waals surface area contributed by atoms with Crippen LogP contribution in [0.2, 0.25) is 0 Å². The first kappa shape index (κ1) is 15.9. The van der Waals surface area contributed by atoms with Gasteiger partial charge in [0.05, 0.1) is 11.2 Å². The smallest absolute Gasteiger partial charge is 0.322 e. The lowest BCUT2D eigenvalue weighted by Crippen LogP contribution is -2.34. The maximum absolute atomic E-state index is 12.3. The summed E-state index contributed by atoms with van der Waals surface area (Å²) in [4.78, 5) is 14.2. The molecule has 0 aliphatic carbocycles. The molecular weight excluding hydrogens is 264 g/mol. The molecule has 2 amide bonds. The fourth-order valence-corrected chi connectivity index (χ4v) is 2.46. The zero-order chi connectivity index (χ0) is 15.8. The van der Waals surface area contributed by atoms with Crippen LogP contribution >= 0.6 is 0 Å². The maximum Gasteiger partial charge on any atom is 0.322 e. The van der Waals surface area contributed by atoms with E-state index < -0.39 is 0 Å². The quantitative estimate of drug-likeness (QED) is 0.860. The van der Waals surface area contributed by atoms with Crippen molar-refractivity contribution in [3.63, 3.8) is 0 Å². The number of hydrogen-bond acceptors (Lipinski definition) is 2. The van der Waals surface area contributed by atoms with Gasteiger partial charge in [0.1, 0.15) is 5.82 Å². The first-order valence-electron chi connectivity index (χ1n) is 7.76. The second-order valence-electron chi connectivity index (χ2n) is 7.87. The van der Waals surface area contributed by atoms with E-state index in [2.05, 4.69) is 46.9 Å². The summed E-state index contributed by atoms with van der Waals surface area (Å²) in [5.41, 5.74) is 0.787. The van der Waals surface area contributed by atoms with Crippen LogP contribution in [0.3, 0.4) is 0 Å². The number of hydrogen-bond donors (Lipinski definition) is 1. The standard InChI is InChI=1S/C16H28N4O/c1-15(2,3)12-11-13(20(18-12)16(4,5)6)17-14(21)19-9-7-8-10-19/h11H,7-10H2,1-6H3,(H,17,21). The van der Waals surface area contributed by atoms with E-state index in [0.717, 1.165) is 37.4 Å². The molecule has 0 saturated carbocycles. The van der Waals surface area contributed by atoms with Crippen LogP contribution in [0.1, 0.15) is 60.1 Å². The van der Waals surface area contributed by atoms with Gasteiger partial charge >= 0.3 is 6.03 Å². The summed E-state index contributed by atoms with van der Waals surface area (Å²) in [7, 11) is 0. The van der Waals surface area contributed by atoms with Gasteiger partial charge < -0.3 is 4.90 Å². The number of nitrogens with one attached hydrogen (secondary N) is 1. The molecule has 0 unspecified atom stereocenters. The first-order chi connectivity index (χ1) is 9.59. The van der Waals surface area contributed by atoms with Gasteiger partial charge in [-0.05, 0) is 33.6 Å². The molecule has 0 bridgehead atoms. The van der Waals surface area contributed by atoms with Crippen LogP contribution < -0.4 is 5.32 Å². The third-order valence-electron chi connectivity index (χ3n) is 3.74. The lowest BCUT2D eigenvalue weighted by Gasteiger charge is -2.24. The molecule has 0 atom stereocenters. The van der Waals surface area contributed by atoms with Crippen LogP contribution in [0.4, 0.5) is 10.6 Å². The molecule has 5 heteroatoms. The Morgan fingerprint density at radius 1 is 1.14 bits per heavy atom. The number of carbonyl (C=O) groups excluding carboxylic acids is 1. The van der Waals surface area contributed by atoms with Crippen molar-refractivity contribution < 1.29 is 4.79 Å². The molecule has 1 aromatic rings. The average Bonchev–Trinajstić information content (AvgIpc) is 2.94. The predicted molar refractivity (Wildman–Crippen MR) is 85.7 cm³/mol. The van der Waals surface area contributed by atoms with Crippen molar-refractivity contribution in [1.29, 1.82) is 0 Å². The molecule has 1 fully saturated rings. The van der Waals surface area contributed by atoms with Crippen LogP contribution in [-0.4, -0.2) is 33.8 Å². The van der Waals surface area contributed by atoms with Crippen molar-refractivity contribution in [1.82, 2.24) is 14.7 Å². The van der Waals surface area contributed by atoms with E-state index in [1.54, 1.807) is 0 Å². The van der Waals surface area contributed by atoms with Crippen LogP contribution in [0.5, 0.6) is 0 Å². The zero-order valence-corrected chi connectivity index (χ0v) is 14.2. The van der Waals surface area contributed by atoms with Crippen molar-refractivity contribution >= 4 is 11.8 Å². The Bertz CT molecular complexity index is 513. The van der Waals surface area contributed by atoms with Crippen LogP contribution in [0.25, 0.3) is 0 Å². The first-order valence-corrected chi connectivity index (χ1v) is 7.76. The zero-order valence-electron chi connectivity index (χ0n) is 14.2. The average molecular weight is 292 g/mol. The molecule has 1 saturated heterocycles. The Labute approximate surface area is 127 Å². The predicted octanol–water partition coefficient (Wildman–Crippen LogP) is 3.56. The van der Waals surface area contributed by atoms with E-state index in [-0.39, 0.29) is 17.0 Å². The topological polar surface area (TPSA) is 50.2 Å². The molecule has 2 rings (SSSR count). The lowest BCUT2D eigenvalue weighted by atomic mass is 9.92. The second-order valence-corrected chi connectivity index (χ2v) is 7.87. The number of carbonyl (C=O) groups is 1. The van der Waals surface area contributed by atoms with Crippen LogP contribution in [0, 0.1) is 0 Å². The number of rotatable bonds is 1. The summed E-state index contributed by atoms with van der Waals surface area (Å²) in [5.74, 6) is 0.782. The molecule has 0 spiro atoms. The van der Waals surface area contributed by atoms with Gasteiger partial charge in [0.2, 0.25) is 0 Å². The van der Waals surface area contributed by atoms with Gasteiger partial charge in [-0.15, -0.1) is 0 Å². The van der Waals surface area contributed by atoms with Crippen molar-refractivity contribution in [3.05, 3.63) is 11.8 Å². The molecule has 1 aliphatic rings. The highest BCUT2D eigenvalue weighted by Crippen LogP contribution is 2.28. The SMILES string of the molecule is CC(C)(C)c1cc(NC(=O)N2CCCC2)n(C(C)(C)C)n1. The Morgan fingerprint density at radius 2 is 1.71 bits per heavy atom. The third-order valence-corrected chi connectivity index (χ3v) is 3.74. The van der Waals surface area contributed by atoms with E-state index in [4.69, 9.17) is 5.10 Å². The molecule has 5 nitrogen and oxygen atoms in total. The fourth-order valence-electron chi connectivity index (χ4n) is 2.46. The van der Waals surface area contributed by atoms with E-state index in [1.165, 1.54) is 0 Å². The van der Waals surface area contributed by atoms with E-state index in [9.17, 15) is 4.79 Å². The van der Waals surface area contributed by atoms with E-state index in [0.29, 0.717) is 0 Å². The third kappa shape index (κ3) is 3.57. The number of amides is 2. The van der Waals surface area contributed by atoms with Crippen LogP contribution in [0.15, 0.2) is 6.07 Å². The van der Waals surface area contributed by atoms with Crippen molar-refractivity contribution in [2.45, 2.75) is 65.3 Å². The lowest BCUT2D eigenvalue weighted by molar-refractivity contribution is 0.222. The minimum atomic E-state index is -0.170. The largest absolute Gasteiger partial charge is 0.324 e. The molecular formula is C16H28N4O. The number of aromatic nitrogens is 2. The Morgan fingerprint density at radius 3 is 2.19 bits per heavy atom. The van der Waals surface area contributed by atoms with E-state index in [1.807, 2.05) is 15.6 Å². The normalized spacial score (nSPS) is 16.4. The molecule has 1 N–H and O–H groups in total. The summed E-state index contributed by atoms with van der Waals surface area (Å²) in [6.07, 6.45) is 2.19. The van der Waals surface area contributed by atoms with Gasteiger partial charge in [0, 0.05) is 24.6 Å². The van der Waals surface area contributed by atoms with Crippen molar-refractivity contribution in [2.24, 2.45) is 0 Å². The van der Waals surface area contributed by atoms with Gasteiger partial charge in [-0.2, -0.15) is 5.10 Å². The monoisotopic (exact) mass is 292 g/mol. The molecule has 21 heavy (non-hydrogen) atoms. The van der Waals surface area contributed by atoms with Crippen LogP contribution in [-0.2, 0) is 11.0 Å². The van der Waals surface area contributed by atoms with Gasteiger partial charge in [-0.1, -0.05) is 20.8 Å². The van der Waals surface area contributed by atoms with Gasteiger partial charge in [0.15, 0.2) is 0 Å². The summed E-state index contributed by atoms with van der Waals surface area (Å²) in [6, 6.07) is 1.98. The molecule has 118 valence electrons. The number of likely N-dealkylation sites (tertiary alicyclic amines) is 1. The van der Waals surface area contributed by atoms with E-state index >= 15 is 0 Å². The molecule has 0 aromatic carbocycles.